The van der Waals surface area contributed by atoms with E-state index in [4.69, 9.17) is 5.73 Å². The average Bonchev–Trinajstić information content (AvgIpc) is 3.15. The van der Waals surface area contributed by atoms with Crippen LogP contribution in [0.3, 0.4) is 0 Å². The smallest absolute Gasteiger partial charge is 0.227 e. The molecule has 2 N–H and O–H groups in total. The summed E-state index contributed by atoms with van der Waals surface area (Å²) in [5, 5.41) is 0. The first-order chi connectivity index (χ1) is 11.2. The van der Waals surface area contributed by atoms with Crippen molar-refractivity contribution in [1.29, 1.82) is 0 Å². The Balaban J connectivity index is 0.00000156. The van der Waals surface area contributed by atoms with Gasteiger partial charge in [0, 0.05) is 38.3 Å². The minimum Gasteiger partial charge on any atom is -0.340 e. The fourth-order valence-electron chi connectivity index (χ4n) is 3.98. The molecule has 0 aromatic heterocycles. The van der Waals surface area contributed by atoms with Crippen molar-refractivity contribution in [3.05, 3.63) is 35.9 Å². The standard InChI is InChI=1S/C19H29N3O.2ClH/c1-15(18(20)16-7-3-2-4-8-16)19(23)22-13-11-21(12-14-22)17-9-5-6-10-17;;/h2-4,7-8,15,17-18H,5-6,9-14,20H2,1H3;2*1H. The van der Waals surface area contributed by atoms with E-state index in [1.54, 1.807) is 0 Å². The third-order valence-corrected chi connectivity index (χ3v) is 5.58. The van der Waals surface area contributed by atoms with Gasteiger partial charge in [0.2, 0.25) is 5.91 Å². The van der Waals surface area contributed by atoms with E-state index in [2.05, 4.69) is 4.90 Å². The maximum absolute atomic E-state index is 12.8. The Morgan fingerprint density at radius 1 is 1.04 bits per heavy atom. The molecule has 4 nitrogen and oxygen atoms in total. The SMILES string of the molecule is CC(C(=O)N1CCN(C2CCCC2)CC1)C(N)c1ccccc1.Cl.Cl. The molecule has 1 aliphatic carbocycles. The summed E-state index contributed by atoms with van der Waals surface area (Å²) in [4.78, 5) is 17.4. The quantitative estimate of drug-likeness (QED) is 0.862. The molecule has 2 fully saturated rings. The molecule has 1 aromatic rings. The lowest BCUT2D eigenvalue weighted by Gasteiger charge is -2.39. The van der Waals surface area contributed by atoms with Gasteiger partial charge in [0.05, 0.1) is 5.92 Å². The predicted octanol–water partition coefficient (Wildman–Crippen LogP) is 3.25. The molecule has 2 unspecified atom stereocenters. The zero-order valence-corrected chi connectivity index (χ0v) is 16.6. The van der Waals surface area contributed by atoms with Crippen molar-refractivity contribution in [1.82, 2.24) is 9.80 Å². The van der Waals surface area contributed by atoms with Crippen LogP contribution in [0.5, 0.6) is 0 Å². The lowest BCUT2D eigenvalue weighted by Crippen LogP contribution is -2.53. The molecule has 1 amide bonds. The molecule has 0 radical (unpaired) electrons. The van der Waals surface area contributed by atoms with Crippen LogP contribution in [-0.2, 0) is 4.79 Å². The van der Waals surface area contributed by atoms with E-state index >= 15 is 0 Å². The molecule has 1 saturated carbocycles. The highest BCUT2D eigenvalue weighted by atomic mass is 35.5. The lowest BCUT2D eigenvalue weighted by atomic mass is 9.94. The molecule has 1 aliphatic heterocycles. The highest BCUT2D eigenvalue weighted by molar-refractivity contribution is 5.85. The number of halogens is 2. The number of amides is 1. The van der Waals surface area contributed by atoms with Crippen molar-refractivity contribution in [2.24, 2.45) is 11.7 Å². The number of rotatable bonds is 4. The van der Waals surface area contributed by atoms with Crippen LogP contribution < -0.4 is 5.73 Å². The fourth-order valence-corrected chi connectivity index (χ4v) is 3.98. The first kappa shape index (κ1) is 22.2. The number of hydrogen-bond acceptors (Lipinski definition) is 3. The minimum absolute atomic E-state index is 0. The van der Waals surface area contributed by atoms with Gasteiger partial charge < -0.3 is 10.6 Å². The van der Waals surface area contributed by atoms with E-state index in [9.17, 15) is 4.79 Å². The molecule has 142 valence electrons. The van der Waals surface area contributed by atoms with Gasteiger partial charge in [0.1, 0.15) is 0 Å². The number of piperazine rings is 1. The number of nitrogens with zero attached hydrogens (tertiary/aromatic N) is 2. The topological polar surface area (TPSA) is 49.6 Å². The Bertz CT molecular complexity index is 515. The van der Waals surface area contributed by atoms with Crippen molar-refractivity contribution >= 4 is 30.7 Å². The maximum Gasteiger partial charge on any atom is 0.227 e. The monoisotopic (exact) mass is 387 g/mol. The van der Waals surface area contributed by atoms with Gasteiger partial charge >= 0.3 is 0 Å². The van der Waals surface area contributed by atoms with Gasteiger partial charge in [-0.2, -0.15) is 0 Å². The maximum atomic E-state index is 12.8. The average molecular weight is 388 g/mol. The van der Waals surface area contributed by atoms with Crippen LogP contribution in [-0.4, -0.2) is 47.9 Å². The van der Waals surface area contributed by atoms with Crippen LogP contribution in [0.25, 0.3) is 0 Å². The van der Waals surface area contributed by atoms with E-state index in [0.717, 1.165) is 37.8 Å². The summed E-state index contributed by atoms with van der Waals surface area (Å²) in [6, 6.07) is 10.5. The third kappa shape index (κ3) is 5.33. The van der Waals surface area contributed by atoms with Crippen molar-refractivity contribution in [2.45, 2.75) is 44.7 Å². The van der Waals surface area contributed by atoms with Gasteiger partial charge in [-0.25, -0.2) is 0 Å². The number of carbonyl (C=O) groups is 1. The molecular weight excluding hydrogens is 357 g/mol. The molecular formula is C19H31Cl2N3O. The Kier molecular flexibility index (Phi) is 9.22. The van der Waals surface area contributed by atoms with Crippen molar-refractivity contribution in [2.75, 3.05) is 26.2 Å². The Morgan fingerprint density at radius 3 is 2.16 bits per heavy atom. The number of carbonyl (C=O) groups excluding carboxylic acids is 1. The summed E-state index contributed by atoms with van der Waals surface area (Å²) in [5.41, 5.74) is 7.35. The minimum atomic E-state index is -0.225. The Labute approximate surface area is 163 Å². The molecule has 1 saturated heterocycles. The second kappa shape index (κ2) is 10.4. The summed E-state index contributed by atoms with van der Waals surface area (Å²) in [6.07, 6.45) is 5.41. The second-order valence-corrected chi connectivity index (χ2v) is 7.02. The van der Waals surface area contributed by atoms with Gasteiger partial charge in [-0.05, 0) is 18.4 Å². The predicted molar refractivity (Wildman–Crippen MR) is 107 cm³/mol. The number of benzene rings is 1. The molecule has 2 atom stereocenters. The molecule has 6 heteroatoms. The van der Waals surface area contributed by atoms with Crippen LogP contribution in [0.15, 0.2) is 30.3 Å². The summed E-state index contributed by atoms with van der Waals surface area (Å²) in [7, 11) is 0. The fraction of sp³-hybridized carbons (Fsp3) is 0.632. The van der Waals surface area contributed by atoms with Gasteiger partial charge in [0.15, 0.2) is 0 Å². The van der Waals surface area contributed by atoms with Crippen LogP contribution in [0, 0.1) is 5.92 Å². The second-order valence-electron chi connectivity index (χ2n) is 7.02. The summed E-state index contributed by atoms with van der Waals surface area (Å²) in [5.74, 6) is 0.0304. The first-order valence-corrected chi connectivity index (χ1v) is 9.00. The van der Waals surface area contributed by atoms with E-state index in [0.29, 0.717) is 0 Å². The lowest BCUT2D eigenvalue weighted by molar-refractivity contribution is -0.137. The number of nitrogens with two attached hydrogens (primary N) is 1. The van der Waals surface area contributed by atoms with Crippen LogP contribution >= 0.6 is 24.8 Å². The summed E-state index contributed by atoms with van der Waals surface area (Å²) >= 11 is 0. The normalized spacial score (nSPS) is 21.1. The Hall–Kier alpha value is -0.810. The van der Waals surface area contributed by atoms with Crippen LogP contribution in [0.4, 0.5) is 0 Å². The summed E-state index contributed by atoms with van der Waals surface area (Å²) in [6.45, 7) is 5.69. The van der Waals surface area contributed by atoms with E-state index in [1.165, 1.54) is 25.7 Å². The Morgan fingerprint density at radius 2 is 1.60 bits per heavy atom. The summed E-state index contributed by atoms with van der Waals surface area (Å²) < 4.78 is 0. The molecule has 0 bridgehead atoms. The van der Waals surface area contributed by atoms with Gasteiger partial charge in [-0.1, -0.05) is 50.1 Å². The third-order valence-electron chi connectivity index (χ3n) is 5.58. The molecule has 0 spiro atoms. The van der Waals surface area contributed by atoms with E-state index in [-0.39, 0.29) is 42.7 Å². The van der Waals surface area contributed by atoms with E-state index in [1.807, 2.05) is 42.2 Å². The van der Waals surface area contributed by atoms with Gasteiger partial charge in [-0.15, -0.1) is 24.8 Å². The van der Waals surface area contributed by atoms with Crippen molar-refractivity contribution in [3.8, 4) is 0 Å². The van der Waals surface area contributed by atoms with Crippen LogP contribution in [0.1, 0.15) is 44.2 Å². The highest BCUT2D eigenvalue weighted by Crippen LogP contribution is 2.26. The largest absolute Gasteiger partial charge is 0.340 e. The first-order valence-electron chi connectivity index (χ1n) is 9.00. The van der Waals surface area contributed by atoms with Crippen molar-refractivity contribution in [3.63, 3.8) is 0 Å². The molecule has 1 heterocycles. The highest BCUT2D eigenvalue weighted by Gasteiger charge is 2.31. The van der Waals surface area contributed by atoms with Crippen molar-refractivity contribution < 1.29 is 4.79 Å². The molecule has 25 heavy (non-hydrogen) atoms. The molecule has 1 aromatic carbocycles. The van der Waals surface area contributed by atoms with Gasteiger partial charge in [-0.3, -0.25) is 9.69 Å². The van der Waals surface area contributed by atoms with E-state index < -0.39 is 0 Å². The number of hydrogen-bond donors (Lipinski definition) is 1. The zero-order valence-electron chi connectivity index (χ0n) is 15.0. The molecule has 3 rings (SSSR count). The van der Waals surface area contributed by atoms with Gasteiger partial charge in [0.25, 0.3) is 0 Å². The zero-order chi connectivity index (χ0) is 16.2. The molecule has 2 aliphatic rings. The van der Waals surface area contributed by atoms with Crippen LogP contribution in [0.2, 0.25) is 0 Å².